The Bertz CT molecular complexity index is 494. The van der Waals surface area contributed by atoms with Gasteiger partial charge in [-0.3, -0.25) is 4.90 Å². The summed E-state index contributed by atoms with van der Waals surface area (Å²) in [4.78, 5) is 2.46. The maximum Gasteiger partial charge on any atom is 0.123 e. The second-order valence-electron chi connectivity index (χ2n) is 6.67. The largest absolute Gasteiger partial charge is 0.493 e. The Balaban J connectivity index is 0.00000176. The lowest BCUT2D eigenvalue weighted by Crippen LogP contribution is -2.45. The van der Waals surface area contributed by atoms with Gasteiger partial charge in [-0.25, -0.2) is 0 Å². The van der Waals surface area contributed by atoms with Crippen molar-refractivity contribution < 1.29 is 4.74 Å². The minimum absolute atomic E-state index is 0. The number of ether oxygens (including phenoxy) is 1. The molecule has 1 aromatic carbocycles. The summed E-state index contributed by atoms with van der Waals surface area (Å²) in [6.07, 6.45) is 3.69. The number of nitrogens with zero attached hydrogens (tertiary/aromatic N) is 1. The van der Waals surface area contributed by atoms with Crippen molar-refractivity contribution in [2.75, 3.05) is 19.7 Å². The molecule has 2 N–H and O–H groups in total. The summed E-state index contributed by atoms with van der Waals surface area (Å²) in [7, 11) is 0. The molecule has 5 heteroatoms. The van der Waals surface area contributed by atoms with Gasteiger partial charge in [0.05, 0.1) is 6.61 Å². The highest BCUT2D eigenvalue weighted by Crippen LogP contribution is 2.32. The van der Waals surface area contributed by atoms with Gasteiger partial charge in [0.1, 0.15) is 5.75 Å². The highest BCUT2D eigenvalue weighted by Gasteiger charge is 2.25. The molecule has 0 bridgehead atoms. The van der Waals surface area contributed by atoms with Gasteiger partial charge in [-0.2, -0.15) is 0 Å². The standard InChI is InChI=1S/C17H25ClN2O.ClH/c1-12-9-20(7-6-16(12)19)10-14-8-15(18)4-5-17(14)21-11-13-2-3-13;/h4-5,8,12-13,16H,2-3,6-7,9-11,19H2,1H3;1H. The molecule has 2 unspecified atom stereocenters. The van der Waals surface area contributed by atoms with E-state index in [1.54, 1.807) is 0 Å². The van der Waals surface area contributed by atoms with Gasteiger partial charge in [0, 0.05) is 29.7 Å². The fourth-order valence-corrected chi connectivity index (χ4v) is 3.13. The number of halogens is 2. The van der Waals surface area contributed by atoms with Gasteiger partial charge in [0.2, 0.25) is 0 Å². The van der Waals surface area contributed by atoms with Crippen LogP contribution in [0.25, 0.3) is 0 Å². The predicted octanol–water partition coefficient (Wildman–Crippen LogP) is 3.72. The van der Waals surface area contributed by atoms with E-state index in [1.807, 2.05) is 18.2 Å². The molecule has 0 aromatic heterocycles. The van der Waals surface area contributed by atoms with E-state index in [2.05, 4.69) is 11.8 Å². The number of piperidine rings is 1. The molecule has 1 saturated heterocycles. The molecule has 1 aromatic rings. The van der Waals surface area contributed by atoms with Crippen LogP contribution in [0.3, 0.4) is 0 Å². The van der Waals surface area contributed by atoms with E-state index in [0.717, 1.165) is 49.4 Å². The minimum atomic E-state index is 0. The molecule has 0 spiro atoms. The van der Waals surface area contributed by atoms with Crippen LogP contribution in [-0.2, 0) is 6.54 Å². The Kier molecular flexibility index (Phi) is 6.39. The molecule has 2 atom stereocenters. The first kappa shape index (κ1) is 17.9. The van der Waals surface area contributed by atoms with Crippen LogP contribution in [0.5, 0.6) is 5.75 Å². The SMILES string of the molecule is CC1CN(Cc2cc(Cl)ccc2OCC2CC2)CCC1N.Cl. The fourth-order valence-electron chi connectivity index (χ4n) is 2.94. The predicted molar refractivity (Wildman–Crippen MR) is 94.0 cm³/mol. The zero-order valence-electron chi connectivity index (χ0n) is 13.1. The van der Waals surface area contributed by atoms with E-state index in [1.165, 1.54) is 18.4 Å². The van der Waals surface area contributed by atoms with Gasteiger partial charge in [0.25, 0.3) is 0 Å². The van der Waals surface area contributed by atoms with Crippen molar-refractivity contribution in [2.45, 2.75) is 38.8 Å². The average molecular weight is 345 g/mol. The second-order valence-corrected chi connectivity index (χ2v) is 7.11. The lowest BCUT2D eigenvalue weighted by atomic mass is 9.94. The third-order valence-electron chi connectivity index (χ3n) is 4.64. The number of benzene rings is 1. The summed E-state index contributed by atoms with van der Waals surface area (Å²) in [6.45, 7) is 6.09. The molecule has 3 nitrogen and oxygen atoms in total. The Hall–Kier alpha value is -0.480. The molecule has 1 aliphatic carbocycles. The molecule has 2 aliphatic rings. The Morgan fingerprint density at radius 1 is 1.32 bits per heavy atom. The summed E-state index contributed by atoms with van der Waals surface area (Å²) in [5, 5.41) is 0.783. The first-order valence-electron chi connectivity index (χ1n) is 8.01. The van der Waals surface area contributed by atoms with Gasteiger partial charge in [-0.15, -0.1) is 12.4 Å². The van der Waals surface area contributed by atoms with Crippen LogP contribution in [-0.4, -0.2) is 30.6 Å². The molecule has 3 rings (SSSR count). The van der Waals surface area contributed by atoms with E-state index in [-0.39, 0.29) is 12.4 Å². The normalized spacial score (nSPS) is 25.6. The number of nitrogens with two attached hydrogens (primary N) is 1. The summed E-state index contributed by atoms with van der Waals surface area (Å²) in [6, 6.07) is 6.32. The Morgan fingerprint density at radius 2 is 2.09 bits per heavy atom. The maximum atomic E-state index is 6.17. The van der Waals surface area contributed by atoms with Crippen molar-refractivity contribution in [2.24, 2.45) is 17.6 Å². The fraction of sp³-hybridized carbons (Fsp3) is 0.647. The summed E-state index contributed by atoms with van der Waals surface area (Å²) >= 11 is 6.17. The van der Waals surface area contributed by atoms with Crippen LogP contribution in [0.4, 0.5) is 0 Å². The summed E-state index contributed by atoms with van der Waals surface area (Å²) in [5.41, 5.74) is 7.30. The third-order valence-corrected chi connectivity index (χ3v) is 4.88. The zero-order chi connectivity index (χ0) is 14.8. The molecule has 0 amide bonds. The lowest BCUT2D eigenvalue weighted by molar-refractivity contribution is 0.155. The third kappa shape index (κ3) is 4.76. The zero-order valence-corrected chi connectivity index (χ0v) is 14.7. The van der Waals surface area contributed by atoms with Crippen molar-refractivity contribution in [3.8, 4) is 5.75 Å². The van der Waals surface area contributed by atoms with Crippen LogP contribution >= 0.6 is 24.0 Å². The van der Waals surface area contributed by atoms with Gasteiger partial charge in [0.15, 0.2) is 0 Å². The molecule has 124 valence electrons. The van der Waals surface area contributed by atoms with Crippen LogP contribution in [0.1, 0.15) is 31.7 Å². The van der Waals surface area contributed by atoms with Gasteiger partial charge < -0.3 is 10.5 Å². The smallest absolute Gasteiger partial charge is 0.123 e. The van der Waals surface area contributed by atoms with Crippen molar-refractivity contribution in [3.63, 3.8) is 0 Å². The number of hydrogen-bond donors (Lipinski definition) is 1. The summed E-state index contributed by atoms with van der Waals surface area (Å²) < 4.78 is 6.00. The van der Waals surface area contributed by atoms with E-state index < -0.39 is 0 Å². The highest BCUT2D eigenvalue weighted by atomic mass is 35.5. The van der Waals surface area contributed by atoms with Gasteiger partial charge in [-0.1, -0.05) is 18.5 Å². The van der Waals surface area contributed by atoms with Crippen molar-refractivity contribution in [3.05, 3.63) is 28.8 Å². The number of rotatable bonds is 5. The van der Waals surface area contributed by atoms with Gasteiger partial charge in [-0.05, 0) is 55.8 Å². The molecule has 1 saturated carbocycles. The average Bonchev–Trinajstić information content (AvgIpc) is 3.26. The minimum Gasteiger partial charge on any atom is -0.493 e. The van der Waals surface area contributed by atoms with Crippen LogP contribution < -0.4 is 10.5 Å². The second kappa shape index (κ2) is 7.87. The lowest BCUT2D eigenvalue weighted by Gasteiger charge is -2.35. The summed E-state index contributed by atoms with van der Waals surface area (Å²) in [5.74, 6) is 2.31. The van der Waals surface area contributed by atoms with E-state index in [4.69, 9.17) is 22.1 Å². The molecule has 22 heavy (non-hydrogen) atoms. The number of likely N-dealkylation sites (tertiary alicyclic amines) is 1. The van der Waals surface area contributed by atoms with Crippen LogP contribution in [0.15, 0.2) is 18.2 Å². The molecule has 0 radical (unpaired) electrons. The Morgan fingerprint density at radius 3 is 2.77 bits per heavy atom. The molecule has 1 aliphatic heterocycles. The van der Waals surface area contributed by atoms with Crippen molar-refractivity contribution in [1.29, 1.82) is 0 Å². The molecule has 2 fully saturated rings. The van der Waals surface area contributed by atoms with Crippen molar-refractivity contribution in [1.82, 2.24) is 4.90 Å². The first-order chi connectivity index (χ1) is 10.1. The van der Waals surface area contributed by atoms with Crippen molar-refractivity contribution >= 4 is 24.0 Å². The topological polar surface area (TPSA) is 38.5 Å². The van der Waals surface area contributed by atoms with E-state index in [0.29, 0.717) is 12.0 Å². The first-order valence-corrected chi connectivity index (χ1v) is 8.39. The van der Waals surface area contributed by atoms with Crippen LogP contribution in [0.2, 0.25) is 5.02 Å². The quantitative estimate of drug-likeness (QED) is 0.884. The molecular formula is C17H26Cl2N2O. The monoisotopic (exact) mass is 344 g/mol. The Labute approximate surface area is 144 Å². The van der Waals surface area contributed by atoms with E-state index >= 15 is 0 Å². The maximum absolute atomic E-state index is 6.17. The number of hydrogen-bond acceptors (Lipinski definition) is 3. The van der Waals surface area contributed by atoms with E-state index in [9.17, 15) is 0 Å². The molecule has 1 heterocycles. The highest BCUT2D eigenvalue weighted by molar-refractivity contribution is 6.30. The van der Waals surface area contributed by atoms with Crippen LogP contribution in [0, 0.1) is 11.8 Å². The van der Waals surface area contributed by atoms with Gasteiger partial charge >= 0.3 is 0 Å². The molecular weight excluding hydrogens is 319 g/mol.